The molecule has 0 spiro atoms. The molecule has 0 aliphatic heterocycles. The van der Waals surface area contributed by atoms with E-state index < -0.39 is 0 Å². The van der Waals surface area contributed by atoms with E-state index in [1.807, 2.05) is 0 Å². The molecule has 0 radical (unpaired) electrons. The molecular formula is C15H22N2O3. The normalized spacial score (nSPS) is 17.5. The van der Waals surface area contributed by atoms with Crippen LogP contribution in [0.4, 0.5) is 5.82 Å². The summed E-state index contributed by atoms with van der Waals surface area (Å²) in [6.45, 7) is 2.15. The lowest BCUT2D eigenvalue weighted by molar-refractivity contribution is 0.0526. The van der Waals surface area contributed by atoms with E-state index in [0.29, 0.717) is 18.0 Å². The van der Waals surface area contributed by atoms with Crippen molar-refractivity contribution in [3.63, 3.8) is 0 Å². The Balaban J connectivity index is 2.21. The van der Waals surface area contributed by atoms with E-state index in [1.165, 1.54) is 6.42 Å². The summed E-state index contributed by atoms with van der Waals surface area (Å²) in [4.78, 5) is 16.2. The minimum absolute atomic E-state index is 0.0475. The number of aromatic nitrogens is 1. The highest BCUT2D eigenvalue weighted by Gasteiger charge is 2.32. The average Bonchev–Trinajstić information content (AvgIpc) is 2.49. The molecule has 1 saturated carbocycles. The zero-order chi connectivity index (χ0) is 14.4. The van der Waals surface area contributed by atoms with Crippen molar-refractivity contribution in [3.8, 4) is 0 Å². The Kier molecular flexibility index (Phi) is 4.95. The van der Waals surface area contributed by atoms with E-state index in [2.05, 4.69) is 10.3 Å². The zero-order valence-corrected chi connectivity index (χ0v) is 11.9. The van der Waals surface area contributed by atoms with Crippen LogP contribution >= 0.6 is 0 Å². The Bertz CT molecular complexity index is 456. The molecule has 2 rings (SSSR count). The van der Waals surface area contributed by atoms with Crippen LogP contribution in [0.3, 0.4) is 0 Å². The number of aliphatic hydroxyl groups excluding tert-OH is 1. The van der Waals surface area contributed by atoms with Crippen LogP contribution in [0, 0.1) is 0 Å². The van der Waals surface area contributed by atoms with Gasteiger partial charge in [-0.3, -0.25) is 0 Å². The second-order valence-electron chi connectivity index (χ2n) is 5.24. The predicted molar refractivity (Wildman–Crippen MR) is 76.7 cm³/mol. The maximum absolute atomic E-state index is 11.9. The molecule has 1 heterocycles. The van der Waals surface area contributed by atoms with Crippen molar-refractivity contribution in [3.05, 3.63) is 23.9 Å². The molecule has 0 saturated heterocycles. The van der Waals surface area contributed by atoms with Gasteiger partial charge < -0.3 is 15.2 Å². The molecule has 1 aliphatic rings. The monoisotopic (exact) mass is 278 g/mol. The van der Waals surface area contributed by atoms with Crippen molar-refractivity contribution in [2.45, 2.75) is 44.6 Å². The second-order valence-corrected chi connectivity index (χ2v) is 5.24. The molecule has 2 N–H and O–H groups in total. The molecule has 1 aliphatic carbocycles. The fraction of sp³-hybridized carbons (Fsp3) is 0.600. The molecule has 5 nitrogen and oxygen atoms in total. The third kappa shape index (κ3) is 3.28. The number of esters is 1. The quantitative estimate of drug-likeness (QED) is 0.809. The van der Waals surface area contributed by atoms with Gasteiger partial charge in [0.15, 0.2) is 0 Å². The summed E-state index contributed by atoms with van der Waals surface area (Å²) in [5, 5.41) is 13.0. The van der Waals surface area contributed by atoms with E-state index in [0.717, 1.165) is 25.7 Å². The Morgan fingerprint density at radius 3 is 2.85 bits per heavy atom. The highest BCUT2D eigenvalue weighted by atomic mass is 16.5. The molecule has 0 unspecified atom stereocenters. The molecule has 0 bridgehead atoms. The second kappa shape index (κ2) is 6.70. The van der Waals surface area contributed by atoms with Gasteiger partial charge in [-0.05, 0) is 31.9 Å². The number of nitrogens with zero attached hydrogens (tertiary/aromatic N) is 1. The fourth-order valence-corrected chi connectivity index (χ4v) is 2.68. The minimum atomic E-state index is -0.382. The van der Waals surface area contributed by atoms with Crippen LogP contribution in [-0.4, -0.2) is 34.8 Å². The molecule has 1 fully saturated rings. The van der Waals surface area contributed by atoms with Crippen LogP contribution in [0.25, 0.3) is 0 Å². The van der Waals surface area contributed by atoms with Crippen LogP contribution in [0.1, 0.15) is 49.4 Å². The van der Waals surface area contributed by atoms with Crippen LogP contribution in [0.2, 0.25) is 0 Å². The van der Waals surface area contributed by atoms with Gasteiger partial charge in [0.1, 0.15) is 11.4 Å². The van der Waals surface area contributed by atoms with Crippen molar-refractivity contribution in [1.82, 2.24) is 4.98 Å². The first-order valence-corrected chi connectivity index (χ1v) is 7.22. The van der Waals surface area contributed by atoms with Gasteiger partial charge in [0, 0.05) is 6.20 Å². The Morgan fingerprint density at radius 2 is 2.20 bits per heavy atom. The average molecular weight is 278 g/mol. The molecule has 1 aromatic heterocycles. The van der Waals surface area contributed by atoms with Gasteiger partial charge in [0.25, 0.3) is 0 Å². The van der Waals surface area contributed by atoms with E-state index >= 15 is 0 Å². The fourth-order valence-electron chi connectivity index (χ4n) is 2.68. The minimum Gasteiger partial charge on any atom is -0.462 e. The van der Waals surface area contributed by atoms with Crippen molar-refractivity contribution in [2.24, 2.45) is 0 Å². The number of aliphatic hydroxyl groups is 1. The molecule has 0 amide bonds. The first-order chi connectivity index (χ1) is 9.71. The predicted octanol–water partition coefficient (Wildman–Crippen LogP) is 2.37. The van der Waals surface area contributed by atoms with E-state index in [-0.39, 0.29) is 18.1 Å². The van der Waals surface area contributed by atoms with E-state index in [1.54, 1.807) is 25.3 Å². The van der Waals surface area contributed by atoms with Gasteiger partial charge in [0.2, 0.25) is 0 Å². The van der Waals surface area contributed by atoms with Crippen LogP contribution in [0.15, 0.2) is 18.3 Å². The van der Waals surface area contributed by atoms with E-state index in [4.69, 9.17) is 4.74 Å². The van der Waals surface area contributed by atoms with Gasteiger partial charge in [-0.2, -0.15) is 0 Å². The smallest absolute Gasteiger partial charge is 0.341 e. The number of carbonyl (C=O) groups excluding carboxylic acids is 1. The molecule has 5 heteroatoms. The summed E-state index contributed by atoms with van der Waals surface area (Å²) in [5.74, 6) is 0.119. The van der Waals surface area contributed by atoms with Crippen LogP contribution < -0.4 is 5.32 Å². The molecule has 0 aromatic carbocycles. The maximum atomic E-state index is 11.9. The van der Waals surface area contributed by atoms with Crippen molar-refractivity contribution >= 4 is 11.8 Å². The summed E-state index contributed by atoms with van der Waals surface area (Å²) in [6.07, 6.45) is 6.77. The topological polar surface area (TPSA) is 71.5 Å². The Morgan fingerprint density at radius 1 is 1.45 bits per heavy atom. The summed E-state index contributed by atoms with van der Waals surface area (Å²) in [7, 11) is 0. The van der Waals surface area contributed by atoms with Crippen molar-refractivity contribution in [1.29, 1.82) is 0 Å². The molecule has 1 aromatic rings. The maximum Gasteiger partial charge on any atom is 0.341 e. The Labute approximate surface area is 119 Å². The van der Waals surface area contributed by atoms with Crippen molar-refractivity contribution in [2.75, 3.05) is 18.5 Å². The van der Waals surface area contributed by atoms with E-state index in [9.17, 15) is 9.90 Å². The molecule has 110 valence electrons. The number of ether oxygens (including phenoxy) is 1. The highest BCUT2D eigenvalue weighted by molar-refractivity contribution is 5.94. The summed E-state index contributed by atoms with van der Waals surface area (Å²) in [5.41, 5.74) is 0.0566. The van der Waals surface area contributed by atoms with Crippen LogP contribution in [0.5, 0.6) is 0 Å². The number of nitrogens with one attached hydrogen (secondary N) is 1. The first kappa shape index (κ1) is 14.8. The summed E-state index contributed by atoms with van der Waals surface area (Å²) in [6, 6.07) is 3.41. The number of hydrogen-bond acceptors (Lipinski definition) is 5. The van der Waals surface area contributed by atoms with Crippen molar-refractivity contribution < 1.29 is 14.6 Å². The molecule has 0 atom stereocenters. The zero-order valence-electron chi connectivity index (χ0n) is 11.9. The Hall–Kier alpha value is -1.62. The first-order valence-electron chi connectivity index (χ1n) is 7.22. The summed E-state index contributed by atoms with van der Waals surface area (Å²) >= 11 is 0. The number of anilines is 1. The lowest BCUT2D eigenvalue weighted by atomic mass is 9.82. The third-order valence-electron chi connectivity index (χ3n) is 3.80. The number of carbonyl (C=O) groups is 1. The van der Waals surface area contributed by atoms with Gasteiger partial charge in [-0.15, -0.1) is 0 Å². The number of rotatable bonds is 5. The third-order valence-corrected chi connectivity index (χ3v) is 3.80. The lowest BCUT2D eigenvalue weighted by Crippen LogP contribution is -2.44. The van der Waals surface area contributed by atoms with Gasteiger partial charge in [0.05, 0.1) is 18.8 Å². The van der Waals surface area contributed by atoms with Gasteiger partial charge in [-0.1, -0.05) is 19.3 Å². The van der Waals surface area contributed by atoms with Gasteiger partial charge >= 0.3 is 5.97 Å². The molecular weight excluding hydrogens is 256 g/mol. The van der Waals surface area contributed by atoms with Crippen LogP contribution in [-0.2, 0) is 4.74 Å². The standard InChI is InChI=1S/C15H22N2O3/c1-2-20-14(19)12-7-6-10-16-13(12)17-15(11-18)8-4-3-5-9-15/h6-7,10,18H,2-5,8-9,11H2,1H3,(H,16,17). The highest BCUT2D eigenvalue weighted by Crippen LogP contribution is 2.31. The molecule has 20 heavy (non-hydrogen) atoms. The largest absolute Gasteiger partial charge is 0.462 e. The van der Waals surface area contributed by atoms with Gasteiger partial charge in [-0.25, -0.2) is 9.78 Å². The number of hydrogen-bond donors (Lipinski definition) is 2. The summed E-state index contributed by atoms with van der Waals surface area (Å²) < 4.78 is 5.04. The lowest BCUT2D eigenvalue weighted by Gasteiger charge is -2.37. The SMILES string of the molecule is CCOC(=O)c1cccnc1NC1(CO)CCCCC1. The number of pyridine rings is 1.